The number of ether oxygens (including phenoxy) is 1. The van der Waals surface area contributed by atoms with Crippen LogP contribution in [0.15, 0.2) is 10.9 Å². The van der Waals surface area contributed by atoms with E-state index in [2.05, 4.69) is 26.3 Å². The van der Waals surface area contributed by atoms with Gasteiger partial charge < -0.3 is 26.0 Å². The fraction of sp³-hybridized carbons (Fsp3) is 0.591. The number of carbonyl (C=O) groups excluding carboxylic acids is 6. The molecule has 0 unspecified atom stereocenters. The Balaban J connectivity index is 2.31. The highest BCUT2D eigenvalue weighted by Crippen LogP contribution is 2.11. The van der Waals surface area contributed by atoms with Gasteiger partial charge in [0.2, 0.25) is 29.5 Å². The number of hydroxylamine groups is 1. The topological polar surface area (TPSA) is 205 Å². The van der Waals surface area contributed by atoms with Gasteiger partial charge in [0.05, 0.1) is 17.6 Å². The number of esters is 1. The lowest BCUT2D eigenvalue weighted by molar-refractivity contribution is -0.152. The molecule has 1 aliphatic rings. The van der Waals surface area contributed by atoms with Crippen molar-refractivity contribution in [1.29, 1.82) is 0 Å². The number of carbonyl (C=O) groups is 6. The highest BCUT2D eigenvalue weighted by atomic mass is 32.1. The molecule has 0 aliphatic carbocycles. The molecule has 0 aromatic carbocycles. The van der Waals surface area contributed by atoms with Crippen molar-refractivity contribution in [2.45, 2.75) is 70.7 Å². The minimum atomic E-state index is -1.11. The van der Waals surface area contributed by atoms with Crippen LogP contribution in [0.4, 0.5) is 0 Å². The second-order valence-electron chi connectivity index (χ2n) is 8.87. The summed E-state index contributed by atoms with van der Waals surface area (Å²) < 4.78 is 5.29. The van der Waals surface area contributed by atoms with Crippen molar-refractivity contribution >= 4 is 46.8 Å². The standard InChI is InChI=1S/C22H32N6O8S/c1-11(2)19-22(34)23-8-18(31)36-14(4-5-16(29)28-35)7-17(30)26-15(6-13-9-37-10-24-13)21(33)25-12(3)20(32)27-19/h9-12,14-15,19,35H,4-8H2,1-3H3,(H,23,34)(H,25,33)(H,26,30)(H,27,32)(H,28,29)/t12-,14-,15-,19-/m1/s1. The molecule has 0 bridgehead atoms. The third-order valence-electron chi connectivity index (χ3n) is 5.48. The predicted molar refractivity (Wildman–Crippen MR) is 129 cm³/mol. The molecule has 6 N–H and O–H groups in total. The normalized spacial score (nSPS) is 24.4. The lowest BCUT2D eigenvalue weighted by atomic mass is 10.0. The van der Waals surface area contributed by atoms with Crippen LogP contribution >= 0.6 is 11.3 Å². The summed E-state index contributed by atoms with van der Waals surface area (Å²) in [7, 11) is 0. The van der Waals surface area contributed by atoms with Crippen molar-refractivity contribution in [3.63, 3.8) is 0 Å². The van der Waals surface area contributed by atoms with E-state index < -0.39 is 72.7 Å². The second-order valence-corrected chi connectivity index (χ2v) is 9.59. The van der Waals surface area contributed by atoms with Crippen molar-refractivity contribution in [2.24, 2.45) is 5.92 Å². The van der Waals surface area contributed by atoms with E-state index in [1.54, 1.807) is 24.7 Å². The molecule has 4 atom stereocenters. The molecule has 1 fully saturated rings. The summed E-state index contributed by atoms with van der Waals surface area (Å²) in [6, 6.07) is -3.15. The van der Waals surface area contributed by atoms with Crippen molar-refractivity contribution in [3.8, 4) is 0 Å². The van der Waals surface area contributed by atoms with Crippen LogP contribution < -0.4 is 26.7 Å². The molecule has 1 saturated heterocycles. The van der Waals surface area contributed by atoms with Crippen LogP contribution in [0.25, 0.3) is 0 Å². The maximum Gasteiger partial charge on any atom is 0.325 e. The molecule has 1 aliphatic heterocycles. The summed E-state index contributed by atoms with van der Waals surface area (Å²) in [4.78, 5) is 79.2. The van der Waals surface area contributed by atoms with E-state index in [4.69, 9.17) is 9.94 Å². The first-order chi connectivity index (χ1) is 17.5. The molecule has 0 spiro atoms. The van der Waals surface area contributed by atoms with Crippen LogP contribution in [-0.4, -0.2) is 76.5 Å². The van der Waals surface area contributed by atoms with E-state index in [0.29, 0.717) is 5.69 Å². The largest absolute Gasteiger partial charge is 0.461 e. The van der Waals surface area contributed by atoms with E-state index in [0.717, 1.165) is 0 Å². The van der Waals surface area contributed by atoms with Crippen LogP contribution in [-0.2, 0) is 39.9 Å². The number of cyclic esters (lactones) is 1. The van der Waals surface area contributed by atoms with Gasteiger partial charge in [-0.2, -0.15) is 0 Å². The minimum Gasteiger partial charge on any atom is -0.461 e. The third kappa shape index (κ3) is 9.76. The number of aromatic nitrogens is 1. The molecule has 0 radical (unpaired) electrons. The summed E-state index contributed by atoms with van der Waals surface area (Å²) in [5, 5.41) is 20.5. The summed E-state index contributed by atoms with van der Waals surface area (Å²) in [5.74, 6) is -4.55. The minimum absolute atomic E-state index is 0.0316. The Bertz CT molecular complexity index is 986. The van der Waals surface area contributed by atoms with Gasteiger partial charge >= 0.3 is 5.97 Å². The van der Waals surface area contributed by atoms with E-state index >= 15 is 0 Å². The highest BCUT2D eigenvalue weighted by molar-refractivity contribution is 7.07. The van der Waals surface area contributed by atoms with E-state index in [-0.39, 0.29) is 25.2 Å². The van der Waals surface area contributed by atoms with Crippen LogP contribution in [0.2, 0.25) is 0 Å². The zero-order valence-electron chi connectivity index (χ0n) is 20.7. The van der Waals surface area contributed by atoms with E-state index in [9.17, 15) is 28.8 Å². The van der Waals surface area contributed by atoms with Crippen molar-refractivity contribution in [1.82, 2.24) is 31.7 Å². The molecule has 14 nitrogen and oxygen atoms in total. The Morgan fingerprint density at radius 1 is 1.16 bits per heavy atom. The van der Waals surface area contributed by atoms with Crippen LogP contribution in [0.5, 0.6) is 0 Å². The summed E-state index contributed by atoms with van der Waals surface area (Å²) in [6.07, 6.45) is -1.81. The van der Waals surface area contributed by atoms with Gasteiger partial charge in [-0.1, -0.05) is 13.8 Å². The van der Waals surface area contributed by atoms with Crippen LogP contribution in [0.3, 0.4) is 0 Å². The Morgan fingerprint density at radius 3 is 2.51 bits per heavy atom. The summed E-state index contributed by atoms with van der Waals surface area (Å²) in [6.45, 7) is 4.30. The Hall–Kier alpha value is -3.59. The van der Waals surface area contributed by atoms with Crippen molar-refractivity contribution in [2.75, 3.05) is 6.54 Å². The van der Waals surface area contributed by atoms with Crippen molar-refractivity contribution in [3.05, 3.63) is 16.6 Å². The molecular formula is C22H32N6O8S. The van der Waals surface area contributed by atoms with Gasteiger partial charge in [0.1, 0.15) is 30.8 Å². The predicted octanol–water partition coefficient (Wildman–Crippen LogP) is -1.47. The lowest BCUT2D eigenvalue weighted by Gasteiger charge is -2.26. The Kier molecular flexibility index (Phi) is 11.4. The molecule has 2 heterocycles. The smallest absolute Gasteiger partial charge is 0.325 e. The summed E-state index contributed by atoms with van der Waals surface area (Å²) in [5.41, 5.74) is 3.57. The average Bonchev–Trinajstić information content (AvgIpc) is 3.35. The average molecular weight is 541 g/mol. The van der Waals surface area contributed by atoms with Gasteiger partial charge in [0.25, 0.3) is 0 Å². The number of rotatable bonds is 6. The Labute approximate surface area is 217 Å². The van der Waals surface area contributed by atoms with Crippen LogP contribution in [0, 0.1) is 5.92 Å². The monoisotopic (exact) mass is 540 g/mol. The first-order valence-electron chi connectivity index (χ1n) is 11.7. The summed E-state index contributed by atoms with van der Waals surface area (Å²) >= 11 is 1.31. The van der Waals surface area contributed by atoms with E-state index in [1.807, 2.05) is 0 Å². The Morgan fingerprint density at radius 2 is 1.89 bits per heavy atom. The van der Waals surface area contributed by atoms with E-state index in [1.165, 1.54) is 23.7 Å². The van der Waals surface area contributed by atoms with Gasteiger partial charge in [-0.25, -0.2) is 10.5 Å². The number of hydrogen-bond acceptors (Lipinski definition) is 10. The highest BCUT2D eigenvalue weighted by Gasteiger charge is 2.31. The molecular weight excluding hydrogens is 508 g/mol. The molecule has 15 heteroatoms. The van der Waals surface area contributed by atoms with Crippen molar-refractivity contribution < 1.29 is 38.7 Å². The van der Waals surface area contributed by atoms with Gasteiger partial charge in [-0.05, 0) is 19.3 Å². The maximum atomic E-state index is 13.0. The number of thiazole rings is 1. The first-order valence-corrected chi connectivity index (χ1v) is 12.6. The molecule has 2 rings (SSSR count). The molecule has 0 saturated carbocycles. The third-order valence-corrected chi connectivity index (χ3v) is 6.12. The molecule has 1 aromatic rings. The first kappa shape index (κ1) is 29.6. The molecule has 37 heavy (non-hydrogen) atoms. The molecule has 204 valence electrons. The SMILES string of the molecule is CC(C)[C@H]1NC(=O)[C@@H](C)NC(=O)[C@@H](Cc2cscn2)NC(=O)C[C@@H](CCC(=O)NO)OC(=O)CNC1=O. The van der Waals surface area contributed by atoms with Gasteiger partial charge in [0.15, 0.2) is 0 Å². The number of amides is 5. The molecule has 1 aromatic heterocycles. The van der Waals surface area contributed by atoms with Gasteiger partial charge in [-0.15, -0.1) is 11.3 Å². The number of hydrogen-bond donors (Lipinski definition) is 6. The van der Waals surface area contributed by atoms with Gasteiger partial charge in [0, 0.05) is 18.2 Å². The quantitative estimate of drug-likeness (QED) is 0.141. The zero-order valence-corrected chi connectivity index (χ0v) is 21.6. The maximum absolute atomic E-state index is 13.0. The second kappa shape index (κ2) is 14.2. The lowest BCUT2D eigenvalue weighted by Crippen LogP contribution is -2.57. The fourth-order valence-corrected chi connectivity index (χ4v) is 4.03. The van der Waals surface area contributed by atoms with Crippen LogP contribution in [0.1, 0.15) is 45.7 Å². The number of nitrogens with one attached hydrogen (secondary N) is 5. The fourth-order valence-electron chi connectivity index (χ4n) is 3.46. The number of nitrogens with zero attached hydrogens (tertiary/aromatic N) is 1. The zero-order chi connectivity index (χ0) is 27.5. The van der Waals surface area contributed by atoms with Gasteiger partial charge in [-0.3, -0.25) is 34.0 Å². The molecule has 5 amide bonds.